The number of nitrogens with zero attached hydrogens (tertiary/aromatic N) is 2. The normalized spacial score (nSPS) is 16.3. The van der Waals surface area contributed by atoms with E-state index in [-0.39, 0.29) is 16.2 Å². The van der Waals surface area contributed by atoms with Gasteiger partial charge in [-0.1, -0.05) is 12.1 Å². The molecule has 1 aliphatic heterocycles. The minimum absolute atomic E-state index is 0.135. The van der Waals surface area contributed by atoms with Gasteiger partial charge in [0, 0.05) is 49.7 Å². The number of benzene rings is 1. The molecule has 1 unspecified atom stereocenters. The minimum atomic E-state index is -3.55. The average Bonchev–Trinajstić information content (AvgIpc) is 3.21. The van der Waals surface area contributed by atoms with E-state index in [1.807, 2.05) is 6.92 Å². The Morgan fingerprint density at radius 2 is 1.90 bits per heavy atom. The molecule has 31 heavy (non-hydrogen) atoms. The van der Waals surface area contributed by atoms with Crippen molar-refractivity contribution in [2.75, 3.05) is 37.6 Å². The van der Waals surface area contributed by atoms with E-state index >= 15 is 0 Å². The van der Waals surface area contributed by atoms with Crippen molar-refractivity contribution in [3.05, 3.63) is 46.8 Å². The molecule has 1 saturated heterocycles. The second-order valence-corrected chi connectivity index (χ2v) is 11.2. The maximum absolute atomic E-state index is 12.7. The number of carbonyl (C=O) groups excluding carboxylic acids is 1. The number of hydrogen-bond acceptors (Lipinski definition) is 6. The molecule has 1 aromatic carbocycles. The molecule has 1 fully saturated rings. The molecule has 170 valence electrons. The van der Waals surface area contributed by atoms with E-state index in [1.165, 1.54) is 29.5 Å². The molecule has 0 saturated carbocycles. The number of anilines is 1. The van der Waals surface area contributed by atoms with Crippen LogP contribution in [0.4, 0.5) is 5.69 Å². The lowest BCUT2D eigenvalue weighted by Crippen LogP contribution is -2.47. The van der Waals surface area contributed by atoms with Gasteiger partial charge >= 0.3 is 0 Å². The molecule has 1 aromatic heterocycles. The summed E-state index contributed by atoms with van der Waals surface area (Å²) in [6.45, 7) is 10.6. The average molecular weight is 465 g/mol. The highest BCUT2D eigenvalue weighted by Gasteiger charge is 2.22. The third kappa shape index (κ3) is 7.03. The van der Waals surface area contributed by atoms with Gasteiger partial charge < -0.3 is 10.2 Å². The lowest BCUT2D eigenvalue weighted by atomic mass is 10.2. The highest BCUT2D eigenvalue weighted by Crippen LogP contribution is 2.22. The number of piperazine rings is 1. The Labute approximate surface area is 189 Å². The molecule has 1 aliphatic rings. The van der Waals surface area contributed by atoms with Gasteiger partial charge in [0.05, 0.1) is 6.54 Å². The van der Waals surface area contributed by atoms with Crippen LogP contribution >= 0.6 is 11.3 Å². The first-order valence-electron chi connectivity index (χ1n) is 10.6. The van der Waals surface area contributed by atoms with Crippen molar-refractivity contribution in [3.8, 4) is 0 Å². The van der Waals surface area contributed by atoms with Crippen molar-refractivity contribution in [3.63, 3.8) is 0 Å². The number of sulfonamides is 1. The van der Waals surface area contributed by atoms with Crippen LogP contribution in [-0.4, -0.2) is 58.0 Å². The second-order valence-electron chi connectivity index (χ2n) is 8.11. The Morgan fingerprint density at radius 3 is 2.58 bits per heavy atom. The summed E-state index contributed by atoms with van der Waals surface area (Å²) in [5.74, 6) is -0.135. The maximum Gasteiger partial charge on any atom is 0.250 e. The third-order valence-electron chi connectivity index (χ3n) is 5.39. The Hall–Kier alpha value is -1.94. The van der Waals surface area contributed by atoms with Crippen molar-refractivity contribution >= 4 is 33.0 Å². The van der Waals surface area contributed by atoms with E-state index < -0.39 is 10.0 Å². The van der Waals surface area contributed by atoms with Crippen molar-refractivity contribution in [2.45, 2.75) is 44.0 Å². The molecular weight excluding hydrogens is 432 g/mol. The van der Waals surface area contributed by atoms with Crippen molar-refractivity contribution in [1.82, 2.24) is 14.9 Å². The Balaban J connectivity index is 1.43. The number of thiophene rings is 1. The number of nitrogens with one attached hydrogen (secondary N) is 2. The molecule has 3 rings (SSSR count). The highest BCUT2D eigenvalue weighted by molar-refractivity contribution is 7.91. The van der Waals surface area contributed by atoms with Gasteiger partial charge in [0.2, 0.25) is 15.9 Å². The molecule has 1 amide bonds. The van der Waals surface area contributed by atoms with Crippen LogP contribution in [0, 0.1) is 6.92 Å². The van der Waals surface area contributed by atoms with Gasteiger partial charge in [-0.25, -0.2) is 13.1 Å². The van der Waals surface area contributed by atoms with Crippen LogP contribution in [0.25, 0.3) is 0 Å². The zero-order valence-corrected chi connectivity index (χ0v) is 20.1. The molecule has 2 heterocycles. The van der Waals surface area contributed by atoms with Crippen LogP contribution in [0.5, 0.6) is 0 Å². The Bertz CT molecular complexity index is 982. The van der Waals surface area contributed by atoms with Crippen LogP contribution in [-0.2, 0) is 21.4 Å². The van der Waals surface area contributed by atoms with Crippen molar-refractivity contribution in [1.29, 1.82) is 0 Å². The van der Waals surface area contributed by atoms with Gasteiger partial charge in [0.15, 0.2) is 0 Å². The van der Waals surface area contributed by atoms with Crippen molar-refractivity contribution in [2.24, 2.45) is 0 Å². The van der Waals surface area contributed by atoms with Gasteiger partial charge in [0.25, 0.3) is 0 Å². The van der Waals surface area contributed by atoms with E-state index in [4.69, 9.17) is 0 Å². The first kappa shape index (κ1) is 23.7. The first-order chi connectivity index (χ1) is 14.7. The Kier molecular flexibility index (Phi) is 8.10. The van der Waals surface area contributed by atoms with Gasteiger partial charge in [0.1, 0.15) is 4.21 Å². The highest BCUT2D eigenvalue weighted by atomic mass is 32.2. The predicted octanol–water partition coefficient (Wildman–Crippen LogP) is 2.57. The zero-order valence-electron chi connectivity index (χ0n) is 18.4. The van der Waals surface area contributed by atoms with Crippen LogP contribution in [0.15, 0.2) is 40.6 Å². The monoisotopic (exact) mass is 464 g/mol. The molecule has 1 atom stereocenters. The summed E-state index contributed by atoms with van der Waals surface area (Å²) in [5, 5.41) is 2.69. The van der Waals surface area contributed by atoms with E-state index in [2.05, 4.69) is 51.0 Å². The largest absolute Gasteiger partial charge is 0.369 e. The Morgan fingerprint density at radius 1 is 1.16 bits per heavy atom. The molecule has 0 bridgehead atoms. The number of carbonyl (C=O) groups is 1. The fourth-order valence-corrected chi connectivity index (χ4v) is 6.21. The topological polar surface area (TPSA) is 81.7 Å². The third-order valence-corrected chi connectivity index (χ3v) is 8.55. The van der Waals surface area contributed by atoms with Crippen LogP contribution < -0.4 is 14.9 Å². The lowest BCUT2D eigenvalue weighted by Gasteiger charge is -2.36. The van der Waals surface area contributed by atoms with Crippen molar-refractivity contribution < 1.29 is 13.2 Å². The molecule has 0 radical (unpaired) electrons. The summed E-state index contributed by atoms with van der Waals surface area (Å²) in [4.78, 5) is 16.6. The van der Waals surface area contributed by atoms with Crippen LogP contribution in [0.2, 0.25) is 0 Å². The molecule has 0 aliphatic carbocycles. The first-order valence-corrected chi connectivity index (χ1v) is 12.9. The summed E-state index contributed by atoms with van der Waals surface area (Å²) in [7, 11) is -3.55. The predicted molar refractivity (Wildman–Crippen MR) is 126 cm³/mol. The number of amides is 1. The number of aryl methyl sites for hydroxylation is 1. The lowest BCUT2D eigenvalue weighted by molar-refractivity contribution is -0.119. The summed E-state index contributed by atoms with van der Waals surface area (Å²) in [6.07, 6.45) is 0.758. The van der Waals surface area contributed by atoms with E-state index in [1.54, 1.807) is 12.1 Å². The zero-order chi connectivity index (χ0) is 22.4. The summed E-state index contributed by atoms with van der Waals surface area (Å²) in [5.41, 5.74) is 2.55. The van der Waals surface area contributed by atoms with Crippen LogP contribution in [0.3, 0.4) is 0 Å². The van der Waals surface area contributed by atoms with Gasteiger partial charge in [-0.05, 0) is 56.6 Å². The fourth-order valence-electron chi connectivity index (χ4n) is 3.62. The number of hydrogen-bond donors (Lipinski definition) is 2. The molecule has 2 aromatic rings. The van der Waals surface area contributed by atoms with Gasteiger partial charge in [-0.3, -0.25) is 9.69 Å². The second kappa shape index (κ2) is 10.6. The quantitative estimate of drug-likeness (QED) is 0.596. The molecule has 2 N–H and O–H groups in total. The van der Waals surface area contributed by atoms with E-state index in [0.29, 0.717) is 6.54 Å². The van der Waals surface area contributed by atoms with E-state index in [0.717, 1.165) is 44.0 Å². The maximum atomic E-state index is 12.7. The summed E-state index contributed by atoms with van der Waals surface area (Å²) in [6, 6.07) is 11.8. The summed E-state index contributed by atoms with van der Waals surface area (Å²) >= 11 is 1.19. The molecule has 9 heteroatoms. The van der Waals surface area contributed by atoms with E-state index in [9.17, 15) is 13.2 Å². The molecule has 7 nitrogen and oxygen atoms in total. The molecular formula is C22H32N4O3S2. The number of rotatable bonds is 9. The standard InChI is InChI=1S/C22H32N4O3S2/c1-17-5-4-6-20(15-17)26-13-11-25(12-14-26)10-9-18(2)24-31(28,29)22-8-7-21(30-22)16-23-19(3)27/h4-8,15,18,24H,9-14,16H2,1-3H3,(H,23,27). The van der Waals surface area contributed by atoms with Gasteiger partial charge in [-0.15, -0.1) is 11.3 Å². The smallest absolute Gasteiger partial charge is 0.250 e. The minimum Gasteiger partial charge on any atom is -0.369 e. The summed E-state index contributed by atoms with van der Waals surface area (Å²) < 4.78 is 28.4. The molecule has 0 spiro atoms. The van der Waals surface area contributed by atoms with Crippen LogP contribution in [0.1, 0.15) is 30.7 Å². The van der Waals surface area contributed by atoms with Gasteiger partial charge in [-0.2, -0.15) is 0 Å². The fraction of sp³-hybridized carbons (Fsp3) is 0.500. The SMILES string of the molecule is CC(=O)NCc1ccc(S(=O)(=O)NC(C)CCN2CCN(c3cccc(C)c3)CC2)s1.